The third-order valence-corrected chi connectivity index (χ3v) is 1.68. The Morgan fingerprint density at radius 1 is 1.20 bits per heavy atom. The summed E-state index contributed by atoms with van der Waals surface area (Å²) in [6.45, 7) is -0.644. The van der Waals surface area contributed by atoms with E-state index < -0.39 is 24.2 Å². The van der Waals surface area contributed by atoms with Gasteiger partial charge in [0.1, 0.15) is 6.73 Å². The van der Waals surface area contributed by atoms with E-state index in [1.165, 1.54) is 6.07 Å². The Bertz CT molecular complexity index is 401. The SMILES string of the molecule is O=C(NCO)C(=O)c1ccc(O)c(O)c1. The van der Waals surface area contributed by atoms with Gasteiger partial charge in [-0.1, -0.05) is 0 Å². The van der Waals surface area contributed by atoms with Crippen LogP contribution in [0.25, 0.3) is 0 Å². The third kappa shape index (κ3) is 2.44. The highest BCUT2D eigenvalue weighted by atomic mass is 16.3. The summed E-state index contributed by atoms with van der Waals surface area (Å²) in [4.78, 5) is 22.3. The lowest BCUT2D eigenvalue weighted by atomic mass is 10.1. The van der Waals surface area contributed by atoms with Crippen LogP contribution in [-0.2, 0) is 4.79 Å². The van der Waals surface area contributed by atoms with Gasteiger partial charge < -0.3 is 20.6 Å². The minimum Gasteiger partial charge on any atom is -0.504 e. The van der Waals surface area contributed by atoms with Crippen molar-refractivity contribution in [3.05, 3.63) is 23.8 Å². The summed E-state index contributed by atoms with van der Waals surface area (Å²) in [5, 5.41) is 28.3. The molecule has 0 aliphatic heterocycles. The Morgan fingerprint density at radius 2 is 1.87 bits per heavy atom. The Morgan fingerprint density at radius 3 is 2.40 bits per heavy atom. The molecule has 0 atom stereocenters. The van der Waals surface area contributed by atoms with Crippen LogP contribution in [-0.4, -0.2) is 33.7 Å². The largest absolute Gasteiger partial charge is 0.504 e. The maximum absolute atomic E-state index is 11.3. The molecule has 0 bridgehead atoms. The average Bonchev–Trinajstić information content (AvgIpc) is 2.21. The number of carbonyl (C=O) groups is 2. The zero-order chi connectivity index (χ0) is 11.4. The van der Waals surface area contributed by atoms with Crippen molar-refractivity contribution in [2.24, 2.45) is 0 Å². The van der Waals surface area contributed by atoms with E-state index in [4.69, 9.17) is 15.3 Å². The summed E-state index contributed by atoms with van der Waals surface area (Å²) in [5.74, 6) is -2.76. The number of hydrogen-bond donors (Lipinski definition) is 4. The minimum absolute atomic E-state index is 0.0729. The van der Waals surface area contributed by atoms with E-state index in [2.05, 4.69) is 0 Å². The number of aromatic hydroxyl groups is 2. The monoisotopic (exact) mass is 211 g/mol. The molecule has 0 heterocycles. The predicted molar refractivity (Wildman–Crippen MR) is 49.3 cm³/mol. The highest BCUT2D eigenvalue weighted by molar-refractivity contribution is 6.42. The molecule has 1 aromatic rings. The van der Waals surface area contributed by atoms with Gasteiger partial charge in [-0.25, -0.2) is 0 Å². The Hall–Kier alpha value is -2.08. The van der Waals surface area contributed by atoms with Crippen LogP contribution in [0.4, 0.5) is 0 Å². The number of aliphatic hydroxyl groups excluding tert-OH is 1. The van der Waals surface area contributed by atoms with Crippen molar-refractivity contribution in [1.29, 1.82) is 0 Å². The van der Waals surface area contributed by atoms with Crippen molar-refractivity contribution < 1.29 is 24.9 Å². The number of amides is 1. The maximum Gasteiger partial charge on any atom is 0.294 e. The Kier molecular flexibility index (Phi) is 3.25. The van der Waals surface area contributed by atoms with E-state index in [1.807, 2.05) is 5.32 Å². The van der Waals surface area contributed by atoms with Gasteiger partial charge in [0.2, 0.25) is 5.78 Å². The Balaban J connectivity index is 2.92. The first kappa shape index (κ1) is 11.0. The molecular formula is C9H9NO5. The molecule has 6 heteroatoms. The van der Waals surface area contributed by atoms with Crippen LogP contribution in [0.5, 0.6) is 11.5 Å². The number of phenolic OH excluding ortho intramolecular Hbond substituents is 2. The molecular weight excluding hydrogens is 202 g/mol. The van der Waals surface area contributed by atoms with E-state index in [1.54, 1.807) is 0 Å². The van der Waals surface area contributed by atoms with E-state index in [0.717, 1.165) is 12.1 Å². The van der Waals surface area contributed by atoms with Crippen LogP contribution < -0.4 is 5.32 Å². The molecule has 4 N–H and O–H groups in total. The summed E-state index contributed by atoms with van der Waals surface area (Å²) in [6.07, 6.45) is 0. The molecule has 6 nitrogen and oxygen atoms in total. The molecule has 80 valence electrons. The lowest BCUT2D eigenvalue weighted by molar-refractivity contribution is -0.118. The van der Waals surface area contributed by atoms with E-state index in [-0.39, 0.29) is 11.3 Å². The van der Waals surface area contributed by atoms with E-state index in [0.29, 0.717) is 0 Å². The van der Waals surface area contributed by atoms with Gasteiger partial charge >= 0.3 is 0 Å². The zero-order valence-corrected chi connectivity index (χ0v) is 7.60. The number of ketones is 1. The van der Waals surface area contributed by atoms with Gasteiger partial charge in [0, 0.05) is 5.56 Å². The molecule has 0 aromatic heterocycles. The number of carbonyl (C=O) groups excluding carboxylic acids is 2. The summed E-state index contributed by atoms with van der Waals surface area (Å²) in [7, 11) is 0. The second-order valence-electron chi connectivity index (χ2n) is 2.70. The number of Topliss-reactive ketones (excluding diaryl/α,β-unsaturated/α-hetero) is 1. The number of benzene rings is 1. The zero-order valence-electron chi connectivity index (χ0n) is 7.60. The molecule has 15 heavy (non-hydrogen) atoms. The number of nitrogens with one attached hydrogen (secondary N) is 1. The van der Waals surface area contributed by atoms with Crippen LogP contribution in [0, 0.1) is 0 Å². The number of phenols is 2. The van der Waals surface area contributed by atoms with Crippen molar-refractivity contribution in [3.63, 3.8) is 0 Å². The highest BCUT2D eigenvalue weighted by Gasteiger charge is 2.16. The van der Waals surface area contributed by atoms with Crippen molar-refractivity contribution in [2.75, 3.05) is 6.73 Å². The number of rotatable bonds is 3. The molecule has 1 rings (SSSR count). The Labute approximate surface area is 84.8 Å². The first-order chi connectivity index (χ1) is 7.06. The van der Waals surface area contributed by atoms with Gasteiger partial charge in [-0.05, 0) is 18.2 Å². The fourth-order valence-corrected chi connectivity index (χ4v) is 0.948. The van der Waals surface area contributed by atoms with Crippen molar-refractivity contribution in [2.45, 2.75) is 0 Å². The van der Waals surface area contributed by atoms with Gasteiger partial charge in [0.25, 0.3) is 5.91 Å². The lowest BCUT2D eigenvalue weighted by Crippen LogP contribution is -2.31. The molecule has 0 radical (unpaired) electrons. The minimum atomic E-state index is -0.984. The molecule has 0 spiro atoms. The number of aliphatic hydroxyl groups is 1. The molecule has 0 aliphatic rings. The second-order valence-corrected chi connectivity index (χ2v) is 2.70. The quantitative estimate of drug-likeness (QED) is 0.230. The fraction of sp³-hybridized carbons (Fsp3) is 0.111. The average molecular weight is 211 g/mol. The molecule has 0 saturated carbocycles. The topological polar surface area (TPSA) is 107 Å². The standard InChI is InChI=1S/C9H9NO5/c11-4-10-9(15)8(14)5-1-2-6(12)7(13)3-5/h1-3,11-13H,4H2,(H,10,15). The molecule has 1 amide bonds. The number of hydrogen-bond acceptors (Lipinski definition) is 5. The molecule has 1 aromatic carbocycles. The predicted octanol–water partition coefficient (Wildman–Crippen LogP) is -0.654. The normalized spacial score (nSPS) is 9.67. The molecule has 0 fully saturated rings. The molecule has 0 saturated heterocycles. The van der Waals surface area contributed by atoms with Crippen LogP contribution in [0.3, 0.4) is 0 Å². The summed E-state index contributed by atoms with van der Waals surface area (Å²) < 4.78 is 0. The molecule has 0 unspecified atom stereocenters. The van der Waals surface area contributed by atoms with Crippen LogP contribution in [0.15, 0.2) is 18.2 Å². The van der Waals surface area contributed by atoms with Gasteiger partial charge in [-0.3, -0.25) is 9.59 Å². The first-order valence-electron chi connectivity index (χ1n) is 4.01. The van der Waals surface area contributed by atoms with Crippen LogP contribution in [0.1, 0.15) is 10.4 Å². The maximum atomic E-state index is 11.3. The van der Waals surface area contributed by atoms with Crippen molar-refractivity contribution in [1.82, 2.24) is 5.32 Å². The van der Waals surface area contributed by atoms with Gasteiger partial charge in [0.15, 0.2) is 11.5 Å². The lowest BCUT2D eigenvalue weighted by Gasteiger charge is -2.02. The van der Waals surface area contributed by atoms with E-state index >= 15 is 0 Å². The third-order valence-electron chi connectivity index (χ3n) is 1.68. The van der Waals surface area contributed by atoms with E-state index in [9.17, 15) is 9.59 Å². The smallest absolute Gasteiger partial charge is 0.294 e. The summed E-state index contributed by atoms with van der Waals surface area (Å²) in [6, 6.07) is 3.25. The fourth-order valence-electron chi connectivity index (χ4n) is 0.948. The molecule has 0 aliphatic carbocycles. The van der Waals surface area contributed by atoms with Crippen molar-refractivity contribution in [3.8, 4) is 11.5 Å². The summed E-state index contributed by atoms with van der Waals surface area (Å²) >= 11 is 0. The van der Waals surface area contributed by atoms with Gasteiger partial charge in [0.05, 0.1) is 0 Å². The second kappa shape index (κ2) is 4.43. The van der Waals surface area contributed by atoms with Gasteiger partial charge in [-0.2, -0.15) is 0 Å². The van der Waals surface area contributed by atoms with Crippen molar-refractivity contribution >= 4 is 11.7 Å². The van der Waals surface area contributed by atoms with Crippen LogP contribution in [0.2, 0.25) is 0 Å². The van der Waals surface area contributed by atoms with Gasteiger partial charge in [-0.15, -0.1) is 0 Å². The highest BCUT2D eigenvalue weighted by Crippen LogP contribution is 2.24. The van der Waals surface area contributed by atoms with Crippen LogP contribution >= 0.6 is 0 Å². The summed E-state index contributed by atoms with van der Waals surface area (Å²) in [5.41, 5.74) is -0.0729. The first-order valence-corrected chi connectivity index (χ1v) is 4.01.